The van der Waals surface area contributed by atoms with Gasteiger partial charge in [0.1, 0.15) is 4.88 Å². The monoisotopic (exact) mass is 308 g/mol. The molecule has 1 aromatic carbocycles. The molecule has 0 bridgehead atoms. The first-order chi connectivity index (χ1) is 9.56. The zero-order valence-corrected chi connectivity index (χ0v) is 12.9. The molecule has 0 aliphatic heterocycles. The van der Waals surface area contributed by atoms with Crippen molar-refractivity contribution in [2.24, 2.45) is 5.92 Å². The van der Waals surface area contributed by atoms with E-state index < -0.39 is 0 Å². The summed E-state index contributed by atoms with van der Waals surface area (Å²) in [4.78, 5) is 13.0. The molecule has 5 heteroatoms. The minimum Gasteiger partial charge on any atom is -0.397 e. The van der Waals surface area contributed by atoms with Gasteiger partial charge in [-0.2, -0.15) is 0 Å². The second-order valence-electron chi connectivity index (χ2n) is 5.47. The van der Waals surface area contributed by atoms with E-state index in [1.54, 1.807) is 0 Å². The lowest BCUT2D eigenvalue weighted by molar-refractivity contribution is 0.0934. The molecular formula is C15H17ClN2OS. The normalized spacial score (nSPS) is 22.3. The molecule has 0 saturated heterocycles. The van der Waals surface area contributed by atoms with Crippen LogP contribution in [0.1, 0.15) is 35.9 Å². The van der Waals surface area contributed by atoms with Gasteiger partial charge < -0.3 is 11.1 Å². The molecule has 0 radical (unpaired) electrons. The number of halogens is 1. The Labute approximate surface area is 127 Å². The summed E-state index contributed by atoms with van der Waals surface area (Å²) in [7, 11) is 0. The van der Waals surface area contributed by atoms with Gasteiger partial charge in [0.25, 0.3) is 5.91 Å². The van der Waals surface area contributed by atoms with Crippen LogP contribution in [0.2, 0.25) is 5.02 Å². The Bertz CT molecular complexity index is 667. The lowest BCUT2D eigenvalue weighted by Gasteiger charge is -2.16. The highest BCUT2D eigenvalue weighted by Crippen LogP contribution is 2.35. The van der Waals surface area contributed by atoms with Crippen molar-refractivity contribution >= 4 is 44.6 Å². The first-order valence-corrected chi connectivity index (χ1v) is 8.04. The Hall–Kier alpha value is -1.26. The van der Waals surface area contributed by atoms with Crippen molar-refractivity contribution in [2.45, 2.75) is 32.2 Å². The van der Waals surface area contributed by atoms with E-state index in [1.165, 1.54) is 24.2 Å². The second kappa shape index (κ2) is 5.26. The number of anilines is 1. The van der Waals surface area contributed by atoms with Crippen molar-refractivity contribution in [1.29, 1.82) is 0 Å². The van der Waals surface area contributed by atoms with E-state index >= 15 is 0 Å². The third-order valence-corrected chi connectivity index (χ3v) is 5.49. The van der Waals surface area contributed by atoms with Crippen molar-refractivity contribution in [1.82, 2.24) is 5.32 Å². The fourth-order valence-electron chi connectivity index (χ4n) is 2.85. The summed E-state index contributed by atoms with van der Waals surface area (Å²) in [6.45, 7) is 2.19. The second-order valence-corrected chi connectivity index (χ2v) is 6.96. The molecule has 3 nitrogen and oxygen atoms in total. The lowest BCUT2D eigenvalue weighted by Crippen LogP contribution is -2.36. The molecule has 2 atom stereocenters. The quantitative estimate of drug-likeness (QED) is 0.879. The fraction of sp³-hybridized carbons (Fsp3) is 0.400. The maximum atomic E-state index is 12.4. The van der Waals surface area contributed by atoms with Crippen LogP contribution in [0, 0.1) is 5.92 Å². The van der Waals surface area contributed by atoms with Gasteiger partial charge in [0.05, 0.1) is 5.69 Å². The number of hydrogen-bond acceptors (Lipinski definition) is 3. The molecule has 0 spiro atoms. The zero-order chi connectivity index (χ0) is 14.3. The molecule has 20 heavy (non-hydrogen) atoms. The van der Waals surface area contributed by atoms with Crippen molar-refractivity contribution in [3.05, 3.63) is 28.1 Å². The summed E-state index contributed by atoms with van der Waals surface area (Å²) in [5.74, 6) is 0.488. The predicted molar refractivity (Wildman–Crippen MR) is 85.5 cm³/mol. The number of rotatable bonds is 2. The van der Waals surface area contributed by atoms with Gasteiger partial charge >= 0.3 is 0 Å². The van der Waals surface area contributed by atoms with Gasteiger partial charge in [-0.1, -0.05) is 24.9 Å². The number of hydrogen-bond donors (Lipinski definition) is 2. The van der Waals surface area contributed by atoms with Crippen LogP contribution in [0.4, 0.5) is 5.69 Å². The maximum absolute atomic E-state index is 12.4. The Balaban J connectivity index is 1.89. The molecule has 2 aromatic rings. The molecule has 1 amide bonds. The van der Waals surface area contributed by atoms with Crippen molar-refractivity contribution in [3.63, 3.8) is 0 Å². The molecule has 3 N–H and O–H groups in total. The van der Waals surface area contributed by atoms with Crippen molar-refractivity contribution < 1.29 is 4.79 Å². The van der Waals surface area contributed by atoms with Crippen LogP contribution in [-0.4, -0.2) is 11.9 Å². The number of carbonyl (C=O) groups excluding carboxylic acids is 1. The molecule has 1 aliphatic rings. The first-order valence-electron chi connectivity index (χ1n) is 6.84. The highest BCUT2D eigenvalue weighted by molar-refractivity contribution is 7.21. The molecule has 1 aromatic heterocycles. The number of benzene rings is 1. The van der Waals surface area contributed by atoms with Gasteiger partial charge in [-0.05, 0) is 37.0 Å². The van der Waals surface area contributed by atoms with E-state index in [0.29, 0.717) is 21.5 Å². The number of fused-ring (bicyclic) bond motifs is 1. The standard InChI is InChI=1S/C15H17ClN2OS/c1-8-3-2-4-11(8)18-15(19)14-13(17)10-7-9(16)5-6-12(10)20-14/h5-8,11H,2-4,17H2,1H3,(H,18,19). The number of nitrogens with two attached hydrogens (primary N) is 1. The van der Waals surface area contributed by atoms with Crippen LogP contribution in [0.25, 0.3) is 10.1 Å². The molecule has 106 valence electrons. The van der Waals surface area contributed by atoms with E-state index in [1.807, 2.05) is 18.2 Å². The van der Waals surface area contributed by atoms with Crippen LogP contribution in [-0.2, 0) is 0 Å². The van der Waals surface area contributed by atoms with Crippen molar-refractivity contribution in [2.75, 3.05) is 5.73 Å². The van der Waals surface area contributed by atoms with E-state index in [4.69, 9.17) is 17.3 Å². The summed E-state index contributed by atoms with van der Waals surface area (Å²) >= 11 is 7.41. The summed E-state index contributed by atoms with van der Waals surface area (Å²) in [6.07, 6.45) is 3.43. The summed E-state index contributed by atoms with van der Waals surface area (Å²) in [5, 5.41) is 4.62. The number of thiophene rings is 1. The summed E-state index contributed by atoms with van der Waals surface area (Å²) < 4.78 is 0.997. The maximum Gasteiger partial charge on any atom is 0.263 e. The van der Waals surface area contributed by atoms with Crippen molar-refractivity contribution in [3.8, 4) is 0 Å². The predicted octanol–water partition coefficient (Wildman–Crippen LogP) is 4.06. The van der Waals surface area contributed by atoms with Crippen LogP contribution in [0.15, 0.2) is 18.2 Å². The third kappa shape index (κ3) is 2.38. The van der Waals surface area contributed by atoms with Gasteiger partial charge in [0, 0.05) is 21.2 Å². The molecule has 3 rings (SSSR count). The summed E-state index contributed by atoms with van der Waals surface area (Å²) in [6, 6.07) is 5.82. The van der Waals surface area contributed by atoms with E-state index in [-0.39, 0.29) is 11.9 Å². The zero-order valence-electron chi connectivity index (χ0n) is 11.3. The Morgan fingerprint density at radius 3 is 2.95 bits per heavy atom. The minimum atomic E-state index is -0.0569. The number of carbonyl (C=O) groups is 1. The van der Waals surface area contributed by atoms with Crippen LogP contribution < -0.4 is 11.1 Å². The van der Waals surface area contributed by atoms with Gasteiger partial charge in [0.2, 0.25) is 0 Å². The Kier molecular flexibility index (Phi) is 3.61. The smallest absolute Gasteiger partial charge is 0.263 e. The molecule has 1 heterocycles. The van der Waals surface area contributed by atoms with Crippen LogP contribution in [0.5, 0.6) is 0 Å². The lowest BCUT2D eigenvalue weighted by atomic mass is 10.1. The van der Waals surface area contributed by atoms with Gasteiger partial charge in [-0.15, -0.1) is 11.3 Å². The SMILES string of the molecule is CC1CCCC1NC(=O)c1sc2ccc(Cl)cc2c1N. The van der Waals surface area contributed by atoms with E-state index in [0.717, 1.165) is 16.5 Å². The van der Waals surface area contributed by atoms with Gasteiger partial charge in [-0.25, -0.2) is 0 Å². The largest absolute Gasteiger partial charge is 0.397 e. The highest BCUT2D eigenvalue weighted by atomic mass is 35.5. The minimum absolute atomic E-state index is 0.0569. The Morgan fingerprint density at radius 1 is 1.45 bits per heavy atom. The van der Waals surface area contributed by atoms with Gasteiger partial charge in [0.15, 0.2) is 0 Å². The first kappa shape index (κ1) is 13.7. The average Bonchev–Trinajstić information content (AvgIpc) is 2.95. The number of amides is 1. The molecule has 1 aliphatic carbocycles. The van der Waals surface area contributed by atoms with E-state index in [2.05, 4.69) is 12.2 Å². The Morgan fingerprint density at radius 2 is 2.25 bits per heavy atom. The van der Waals surface area contributed by atoms with Crippen LogP contribution in [0.3, 0.4) is 0 Å². The van der Waals surface area contributed by atoms with E-state index in [9.17, 15) is 4.79 Å². The molecule has 2 unspecified atom stereocenters. The number of nitrogens with one attached hydrogen (secondary N) is 1. The fourth-order valence-corrected chi connectivity index (χ4v) is 4.03. The number of nitrogen functional groups attached to an aromatic ring is 1. The topological polar surface area (TPSA) is 55.1 Å². The molecule has 1 saturated carbocycles. The van der Waals surface area contributed by atoms with Gasteiger partial charge in [-0.3, -0.25) is 4.79 Å². The summed E-state index contributed by atoms with van der Waals surface area (Å²) in [5.41, 5.74) is 6.65. The average molecular weight is 309 g/mol. The molecule has 1 fully saturated rings. The highest BCUT2D eigenvalue weighted by Gasteiger charge is 2.26. The van der Waals surface area contributed by atoms with Crippen LogP contribution >= 0.6 is 22.9 Å². The molecular weight excluding hydrogens is 292 g/mol. The third-order valence-electron chi connectivity index (χ3n) is 4.07.